The van der Waals surface area contributed by atoms with Gasteiger partial charge in [0.25, 0.3) is 0 Å². The number of esters is 1. The maximum Gasteiger partial charge on any atom is 0.339 e. The first-order chi connectivity index (χ1) is 10.1. The Morgan fingerprint density at radius 3 is 2.81 bits per heavy atom. The molecular formula is C15H16FN3O2. The third kappa shape index (κ3) is 3.82. The van der Waals surface area contributed by atoms with Gasteiger partial charge in [0.2, 0.25) is 0 Å². The zero-order valence-electron chi connectivity index (χ0n) is 11.8. The Bertz CT molecular complexity index is 617. The topological polar surface area (TPSA) is 64.1 Å². The van der Waals surface area contributed by atoms with E-state index in [-0.39, 0.29) is 11.9 Å². The van der Waals surface area contributed by atoms with E-state index < -0.39 is 5.97 Å². The van der Waals surface area contributed by atoms with Crippen LogP contribution in [0.3, 0.4) is 0 Å². The largest absolute Gasteiger partial charge is 0.465 e. The molecule has 21 heavy (non-hydrogen) atoms. The summed E-state index contributed by atoms with van der Waals surface area (Å²) in [7, 11) is 1.32. The number of pyridine rings is 2. The fourth-order valence-electron chi connectivity index (χ4n) is 1.84. The number of carbonyl (C=O) groups is 1. The summed E-state index contributed by atoms with van der Waals surface area (Å²) < 4.78 is 18.2. The summed E-state index contributed by atoms with van der Waals surface area (Å²) in [6.45, 7) is 2.27. The molecule has 5 nitrogen and oxygen atoms in total. The van der Waals surface area contributed by atoms with Crippen LogP contribution in [0.2, 0.25) is 0 Å². The molecule has 0 bridgehead atoms. The summed E-state index contributed by atoms with van der Waals surface area (Å²) in [5.74, 6) is -0.766. The van der Waals surface area contributed by atoms with Crippen LogP contribution >= 0.6 is 0 Å². The van der Waals surface area contributed by atoms with Crippen molar-refractivity contribution in [2.45, 2.75) is 19.5 Å². The molecule has 0 aliphatic rings. The van der Waals surface area contributed by atoms with Crippen LogP contribution in [0.15, 0.2) is 36.7 Å². The van der Waals surface area contributed by atoms with Crippen molar-refractivity contribution in [3.63, 3.8) is 0 Å². The Morgan fingerprint density at radius 2 is 2.19 bits per heavy atom. The van der Waals surface area contributed by atoms with Crippen LogP contribution in [0, 0.1) is 5.82 Å². The van der Waals surface area contributed by atoms with E-state index in [4.69, 9.17) is 0 Å². The molecule has 2 rings (SSSR count). The lowest BCUT2D eigenvalue weighted by Crippen LogP contribution is -2.20. The number of methoxy groups -OCH3 is 1. The molecule has 0 aliphatic heterocycles. The van der Waals surface area contributed by atoms with Gasteiger partial charge in [0, 0.05) is 25.0 Å². The van der Waals surface area contributed by atoms with Gasteiger partial charge in [-0.05, 0) is 31.2 Å². The van der Waals surface area contributed by atoms with Crippen LogP contribution in [0.4, 0.5) is 4.39 Å². The van der Waals surface area contributed by atoms with Gasteiger partial charge in [-0.2, -0.15) is 0 Å². The molecule has 2 heterocycles. The van der Waals surface area contributed by atoms with Gasteiger partial charge in [-0.15, -0.1) is 0 Å². The quantitative estimate of drug-likeness (QED) is 0.855. The molecule has 0 unspecified atom stereocenters. The molecule has 0 radical (unpaired) electrons. The number of ether oxygens (including phenoxy) is 1. The minimum Gasteiger partial charge on any atom is -0.465 e. The molecule has 0 saturated carbocycles. The van der Waals surface area contributed by atoms with Crippen molar-refractivity contribution in [1.82, 2.24) is 15.3 Å². The lowest BCUT2D eigenvalue weighted by Gasteiger charge is -2.13. The molecule has 0 amide bonds. The van der Waals surface area contributed by atoms with E-state index in [9.17, 15) is 9.18 Å². The third-order valence-corrected chi connectivity index (χ3v) is 3.03. The fourth-order valence-corrected chi connectivity index (χ4v) is 1.84. The molecule has 1 atom stereocenters. The summed E-state index contributed by atoms with van der Waals surface area (Å²) in [4.78, 5) is 19.5. The molecule has 0 spiro atoms. The summed E-state index contributed by atoms with van der Waals surface area (Å²) in [5.41, 5.74) is 1.50. The molecule has 0 aliphatic carbocycles. The lowest BCUT2D eigenvalue weighted by molar-refractivity contribution is 0.0600. The van der Waals surface area contributed by atoms with Gasteiger partial charge >= 0.3 is 5.97 Å². The predicted octanol–water partition coefficient (Wildman–Crippen LogP) is 2.25. The minimum absolute atomic E-state index is 0.242. The van der Waals surface area contributed by atoms with E-state index in [1.54, 1.807) is 24.4 Å². The van der Waals surface area contributed by atoms with Crippen molar-refractivity contribution < 1.29 is 13.9 Å². The number of nitrogens with zero attached hydrogens (tertiary/aromatic N) is 2. The van der Waals surface area contributed by atoms with Gasteiger partial charge in [-0.3, -0.25) is 9.97 Å². The number of carbonyl (C=O) groups excluding carboxylic acids is 1. The zero-order valence-corrected chi connectivity index (χ0v) is 11.8. The maximum absolute atomic E-state index is 13.6. The molecule has 0 aromatic carbocycles. The van der Waals surface area contributed by atoms with Gasteiger partial charge < -0.3 is 10.1 Å². The maximum atomic E-state index is 13.6. The van der Waals surface area contributed by atoms with E-state index in [1.807, 2.05) is 6.92 Å². The van der Waals surface area contributed by atoms with E-state index in [2.05, 4.69) is 20.0 Å². The molecule has 2 aromatic heterocycles. The molecule has 0 saturated heterocycles. The molecule has 0 fully saturated rings. The third-order valence-electron chi connectivity index (χ3n) is 3.03. The Balaban J connectivity index is 1.97. The SMILES string of the molecule is COC(=O)c1ccc(CN[C@H](C)c2ncccc2F)nc1. The highest BCUT2D eigenvalue weighted by molar-refractivity contribution is 5.88. The van der Waals surface area contributed by atoms with Crippen molar-refractivity contribution in [3.05, 3.63) is 59.4 Å². The monoisotopic (exact) mass is 289 g/mol. The number of rotatable bonds is 5. The summed E-state index contributed by atoms with van der Waals surface area (Å²) in [6, 6.07) is 6.05. The average Bonchev–Trinajstić information content (AvgIpc) is 2.52. The Morgan fingerprint density at radius 1 is 1.38 bits per heavy atom. The summed E-state index contributed by atoms with van der Waals surface area (Å²) >= 11 is 0. The van der Waals surface area contributed by atoms with Crippen molar-refractivity contribution in [1.29, 1.82) is 0 Å². The molecule has 2 aromatic rings. The Kier molecular flexibility index (Phi) is 4.94. The van der Waals surface area contributed by atoms with Crippen LogP contribution in [-0.2, 0) is 11.3 Å². The summed E-state index contributed by atoms with van der Waals surface area (Å²) in [6.07, 6.45) is 3.01. The second-order valence-electron chi connectivity index (χ2n) is 4.50. The first-order valence-corrected chi connectivity index (χ1v) is 6.49. The van der Waals surface area contributed by atoms with Gasteiger partial charge in [0.1, 0.15) is 5.82 Å². The number of hydrogen-bond acceptors (Lipinski definition) is 5. The van der Waals surface area contributed by atoms with Crippen molar-refractivity contribution >= 4 is 5.97 Å². The number of halogens is 1. The number of nitrogens with one attached hydrogen (secondary N) is 1. The van der Waals surface area contributed by atoms with Gasteiger partial charge in [0.15, 0.2) is 0 Å². The van der Waals surface area contributed by atoms with Crippen LogP contribution in [0.1, 0.15) is 34.7 Å². The van der Waals surface area contributed by atoms with Crippen molar-refractivity contribution in [2.24, 2.45) is 0 Å². The molecule has 110 valence electrons. The first kappa shape index (κ1) is 15.1. The zero-order chi connectivity index (χ0) is 15.2. The highest BCUT2D eigenvalue weighted by Gasteiger charge is 2.12. The summed E-state index contributed by atoms with van der Waals surface area (Å²) in [5, 5.41) is 3.14. The van der Waals surface area contributed by atoms with Crippen LogP contribution in [-0.4, -0.2) is 23.0 Å². The lowest BCUT2D eigenvalue weighted by atomic mass is 10.2. The molecule has 6 heteroatoms. The Hall–Kier alpha value is -2.34. The first-order valence-electron chi connectivity index (χ1n) is 6.49. The Labute approximate surface area is 122 Å². The van der Waals surface area contributed by atoms with E-state index in [0.29, 0.717) is 17.8 Å². The average molecular weight is 289 g/mol. The van der Waals surface area contributed by atoms with Crippen molar-refractivity contribution in [3.8, 4) is 0 Å². The smallest absolute Gasteiger partial charge is 0.339 e. The second kappa shape index (κ2) is 6.90. The van der Waals surface area contributed by atoms with Gasteiger partial charge in [-0.25, -0.2) is 9.18 Å². The minimum atomic E-state index is -0.425. The number of hydrogen-bond donors (Lipinski definition) is 1. The van der Waals surface area contributed by atoms with E-state index in [1.165, 1.54) is 19.4 Å². The normalized spacial score (nSPS) is 12.0. The van der Waals surface area contributed by atoms with Crippen molar-refractivity contribution in [2.75, 3.05) is 7.11 Å². The van der Waals surface area contributed by atoms with Crippen LogP contribution < -0.4 is 5.32 Å². The highest BCUT2D eigenvalue weighted by atomic mass is 19.1. The molecule has 1 N–H and O–H groups in total. The van der Waals surface area contributed by atoms with Crippen LogP contribution in [0.25, 0.3) is 0 Å². The van der Waals surface area contributed by atoms with Crippen LogP contribution in [0.5, 0.6) is 0 Å². The highest BCUT2D eigenvalue weighted by Crippen LogP contribution is 2.13. The van der Waals surface area contributed by atoms with E-state index >= 15 is 0 Å². The predicted molar refractivity (Wildman–Crippen MR) is 75.0 cm³/mol. The second-order valence-corrected chi connectivity index (χ2v) is 4.50. The van der Waals surface area contributed by atoms with E-state index in [0.717, 1.165) is 5.69 Å². The fraction of sp³-hybridized carbons (Fsp3) is 0.267. The number of aromatic nitrogens is 2. The standard InChI is InChI=1S/C15H16FN3O2/c1-10(14-13(16)4-3-7-17-14)18-9-12-6-5-11(8-19-12)15(20)21-2/h3-8,10,18H,9H2,1-2H3/t10-/m1/s1. The van der Waals surface area contributed by atoms with Gasteiger partial charge in [-0.1, -0.05) is 0 Å². The van der Waals surface area contributed by atoms with Gasteiger partial charge in [0.05, 0.1) is 24.1 Å². The molecular weight excluding hydrogens is 273 g/mol.